The molecule has 1 aliphatic heterocycles. The second kappa shape index (κ2) is 9.09. The van der Waals surface area contributed by atoms with Crippen LogP contribution in [0.4, 0.5) is 4.79 Å². The van der Waals surface area contributed by atoms with Crippen molar-refractivity contribution in [1.82, 2.24) is 5.32 Å². The first-order valence-corrected chi connectivity index (χ1v) is 10.1. The second-order valence-corrected chi connectivity index (χ2v) is 7.80. The Morgan fingerprint density at radius 2 is 2.07 bits per heavy atom. The van der Waals surface area contributed by atoms with E-state index < -0.39 is 23.6 Å². The molecule has 0 aromatic carbocycles. The van der Waals surface area contributed by atoms with E-state index in [-0.39, 0.29) is 47.3 Å². The Labute approximate surface area is 178 Å². The number of hydrogen-bond donors (Lipinski definition) is 3. The van der Waals surface area contributed by atoms with Gasteiger partial charge in [-0.3, -0.25) is 10.1 Å². The first-order chi connectivity index (χ1) is 14.3. The van der Waals surface area contributed by atoms with Crippen molar-refractivity contribution in [2.45, 2.75) is 30.8 Å². The number of carbonyl (C=O) groups excluding carboxylic acids is 2. The summed E-state index contributed by atoms with van der Waals surface area (Å²) in [6.07, 6.45) is 2.11. The molecular weight excluding hydrogens is 410 g/mol. The van der Waals surface area contributed by atoms with Crippen LogP contribution in [0.5, 0.6) is 0 Å². The molecular formula is C21H21NO7S. The SMILES string of the molecule is COC(=O)NC1=C2/C(=C\CSC(C)=O)[C@](O)(C#C/C=C\C#C[C@@H]2O)CC12OCCO2. The molecule has 3 aliphatic rings. The molecule has 1 fully saturated rings. The van der Waals surface area contributed by atoms with Crippen LogP contribution in [0.25, 0.3) is 0 Å². The average Bonchev–Trinajstić information content (AvgIpc) is 3.15. The highest BCUT2D eigenvalue weighted by Crippen LogP contribution is 2.47. The molecule has 1 amide bonds. The number of hydrogen-bond acceptors (Lipinski definition) is 8. The Kier molecular flexibility index (Phi) is 6.71. The fourth-order valence-electron chi connectivity index (χ4n) is 3.46. The first kappa shape index (κ1) is 22.2. The van der Waals surface area contributed by atoms with Crippen molar-refractivity contribution >= 4 is 23.0 Å². The van der Waals surface area contributed by atoms with Crippen LogP contribution in [0, 0.1) is 23.7 Å². The molecule has 3 N–H and O–H groups in total. The summed E-state index contributed by atoms with van der Waals surface area (Å²) in [6, 6.07) is 0. The van der Waals surface area contributed by atoms with Crippen LogP contribution in [-0.2, 0) is 19.0 Å². The third kappa shape index (κ3) is 4.46. The molecule has 9 heteroatoms. The van der Waals surface area contributed by atoms with E-state index in [0.29, 0.717) is 0 Å². The zero-order valence-corrected chi connectivity index (χ0v) is 17.3. The lowest BCUT2D eigenvalue weighted by molar-refractivity contribution is -0.161. The highest BCUT2D eigenvalue weighted by molar-refractivity contribution is 8.13. The molecule has 0 radical (unpaired) electrons. The molecule has 1 heterocycles. The predicted octanol–water partition coefficient (Wildman–Crippen LogP) is 0.618. The number of fused-ring (bicyclic) bond motifs is 2. The highest BCUT2D eigenvalue weighted by Gasteiger charge is 2.56. The van der Waals surface area contributed by atoms with Gasteiger partial charge in [0, 0.05) is 23.8 Å². The van der Waals surface area contributed by atoms with Gasteiger partial charge in [-0.1, -0.05) is 41.5 Å². The molecule has 1 spiro atoms. The van der Waals surface area contributed by atoms with Gasteiger partial charge in [-0.2, -0.15) is 0 Å². The molecule has 30 heavy (non-hydrogen) atoms. The molecule has 2 aliphatic carbocycles. The molecule has 2 bridgehead atoms. The normalized spacial score (nSPS) is 28.8. The summed E-state index contributed by atoms with van der Waals surface area (Å²) in [6.45, 7) is 1.85. The third-order valence-corrected chi connectivity index (χ3v) is 5.38. The van der Waals surface area contributed by atoms with E-state index in [9.17, 15) is 19.8 Å². The zero-order valence-electron chi connectivity index (χ0n) is 16.5. The van der Waals surface area contributed by atoms with Crippen LogP contribution in [0.3, 0.4) is 0 Å². The monoisotopic (exact) mass is 431 g/mol. The lowest BCUT2D eigenvalue weighted by Gasteiger charge is -2.44. The van der Waals surface area contributed by atoms with E-state index >= 15 is 0 Å². The fraction of sp³-hybridized carbons (Fsp3) is 0.429. The van der Waals surface area contributed by atoms with Crippen LogP contribution < -0.4 is 5.32 Å². The van der Waals surface area contributed by atoms with Crippen molar-refractivity contribution < 1.29 is 34.0 Å². The molecule has 1 saturated heterocycles. The Bertz CT molecular complexity index is 953. The molecule has 158 valence electrons. The van der Waals surface area contributed by atoms with Crippen molar-refractivity contribution in [3.63, 3.8) is 0 Å². The topological polar surface area (TPSA) is 114 Å². The number of alkyl carbamates (subject to hydrolysis) is 1. The lowest BCUT2D eigenvalue weighted by atomic mass is 9.73. The maximum Gasteiger partial charge on any atom is 0.411 e. The standard InChI is InChI=1S/C21H21NO7S/c1-14(23)30-12-8-15-17-16(24)7-5-3-4-6-9-20(15,26)13-21(28-10-11-29-21)18(17)22-19(25)27-2/h3-4,8,16,24,26H,10-13H2,1-2H3,(H,22,25)/b4-3-,15-8+/t16-,20-/m0/s1. The van der Waals surface area contributed by atoms with Gasteiger partial charge in [-0.05, 0) is 12.2 Å². The van der Waals surface area contributed by atoms with Gasteiger partial charge < -0.3 is 24.4 Å². The number of methoxy groups -OCH3 is 1. The maximum absolute atomic E-state index is 12.1. The summed E-state index contributed by atoms with van der Waals surface area (Å²) in [5.41, 5.74) is -1.39. The number of rotatable bonds is 3. The number of thioether (sulfide) groups is 1. The largest absolute Gasteiger partial charge is 0.453 e. The van der Waals surface area contributed by atoms with Gasteiger partial charge >= 0.3 is 6.09 Å². The van der Waals surface area contributed by atoms with E-state index in [1.54, 1.807) is 6.08 Å². The number of nitrogens with one attached hydrogen (secondary N) is 1. The number of ether oxygens (including phenoxy) is 3. The van der Waals surface area contributed by atoms with Gasteiger partial charge in [0.15, 0.2) is 10.7 Å². The van der Waals surface area contributed by atoms with E-state index in [4.69, 9.17) is 14.2 Å². The van der Waals surface area contributed by atoms with Gasteiger partial charge in [0.2, 0.25) is 5.79 Å². The van der Waals surface area contributed by atoms with Gasteiger partial charge in [-0.15, -0.1) is 0 Å². The number of amides is 1. The van der Waals surface area contributed by atoms with E-state index in [0.717, 1.165) is 11.8 Å². The van der Waals surface area contributed by atoms with E-state index in [2.05, 4.69) is 29.0 Å². The number of aliphatic hydroxyl groups excluding tert-OH is 1. The average molecular weight is 431 g/mol. The van der Waals surface area contributed by atoms with Gasteiger partial charge in [0.25, 0.3) is 0 Å². The van der Waals surface area contributed by atoms with Crippen molar-refractivity contribution in [2.24, 2.45) is 0 Å². The minimum absolute atomic E-state index is 0.0868. The van der Waals surface area contributed by atoms with Crippen molar-refractivity contribution in [2.75, 3.05) is 26.1 Å². The van der Waals surface area contributed by atoms with Gasteiger partial charge in [0.05, 0.1) is 32.4 Å². The summed E-state index contributed by atoms with van der Waals surface area (Å²) in [4.78, 5) is 23.5. The number of aliphatic hydroxyl groups is 2. The Hall–Kier alpha value is -2.53. The minimum atomic E-state index is -1.79. The van der Waals surface area contributed by atoms with Crippen molar-refractivity contribution in [3.8, 4) is 23.7 Å². The second-order valence-electron chi connectivity index (χ2n) is 6.61. The molecule has 0 aromatic rings. The highest BCUT2D eigenvalue weighted by atomic mass is 32.2. The summed E-state index contributed by atoms with van der Waals surface area (Å²) in [5, 5.41) is 24.9. The molecule has 3 rings (SSSR count). The van der Waals surface area contributed by atoms with Gasteiger partial charge in [0.1, 0.15) is 6.10 Å². The first-order valence-electron chi connectivity index (χ1n) is 9.12. The van der Waals surface area contributed by atoms with Crippen LogP contribution in [-0.4, -0.2) is 65.0 Å². The van der Waals surface area contributed by atoms with Gasteiger partial charge in [-0.25, -0.2) is 4.79 Å². The van der Waals surface area contributed by atoms with Crippen LogP contribution in [0.1, 0.15) is 13.3 Å². The predicted molar refractivity (Wildman–Crippen MR) is 109 cm³/mol. The lowest BCUT2D eigenvalue weighted by Crippen LogP contribution is -2.54. The number of carbonyl (C=O) groups is 2. The third-order valence-electron chi connectivity index (χ3n) is 4.64. The Balaban J connectivity index is 2.28. The summed E-state index contributed by atoms with van der Waals surface area (Å²) < 4.78 is 16.3. The van der Waals surface area contributed by atoms with Crippen LogP contribution in [0.15, 0.2) is 35.1 Å². The fourth-order valence-corrected chi connectivity index (χ4v) is 3.94. The number of allylic oxidation sites excluding steroid dienone is 2. The van der Waals surface area contributed by atoms with Crippen molar-refractivity contribution in [3.05, 3.63) is 35.1 Å². The Morgan fingerprint density at radius 3 is 2.73 bits per heavy atom. The Morgan fingerprint density at radius 1 is 1.37 bits per heavy atom. The summed E-state index contributed by atoms with van der Waals surface area (Å²) >= 11 is 1.02. The molecule has 8 nitrogen and oxygen atoms in total. The summed E-state index contributed by atoms with van der Waals surface area (Å²) in [7, 11) is 1.20. The molecule has 0 aromatic heterocycles. The quantitative estimate of drug-likeness (QED) is 0.557. The van der Waals surface area contributed by atoms with E-state index in [1.807, 2.05) is 0 Å². The molecule has 0 unspecified atom stereocenters. The molecule has 0 saturated carbocycles. The van der Waals surface area contributed by atoms with Crippen LogP contribution in [0.2, 0.25) is 0 Å². The zero-order chi connectivity index (χ0) is 21.8. The maximum atomic E-state index is 12.1. The molecule has 2 atom stereocenters. The summed E-state index contributed by atoms with van der Waals surface area (Å²) in [5.74, 6) is 9.51. The van der Waals surface area contributed by atoms with E-state index in [1.165, 1.54) is 26.2 Å². The van der Waals surface area contributed by atoms with Crippen LogP contribution >= 0.6 is 11.8 Å². The van der Waals surface area contributed by atoms with Crippen molar-refractivity contribution in [1.29, 1.82) is 0 Å². The minimum Gasteiger partial charge on any atom is -0.453 e. The smallest absolute Gasteiger partial charge is 0.411 e.